The predicted octanol–water partition coefficient (Wildman–Crippen LogP) is 6.39. The highest BCUT2D eigenvalue weighted by Crippen LogP contribution is 2.36. The Labute approximate surface area is 282 Å². The number of carbonyl (C=O) groups is 2. The monoisotopic (exact) mass is 734 g/mol. The van der Waals surface area contributed by atoms with Crippen molar-refractivity contribution in [1.82, 2.24) is 10.2 Å². The molecule has 0 spiro atoms. The van der Waals surface area contributed by atoms with Gasteiger partial charge in [-0.25, -0.2) is 8.42 Å². The summed E-state index contributed by atoms with van der Waals surface area (Å²) >= 11 is 9.69. The van der Waals surface area contributed by atoms with Crippen molar-refractivity contribution in [3.05, 3.63) is 91.4 Å². The van der Waals surface area contributed by atoms with Crippen molar-refractivity contribution in [2.75, 3.05) is 18.0 Å². The Hall–Kier alpha value is -3.68. The smallest absolute Gasteiger partial charge is 0.273 e. The molecule has 1 N–H and O–H groups in total. The molecule has 11 nitrogen and oxygen atoms in total. The first-order chi connectivity index (χ1) is 21.8. The van der Waals surface area contributed by atoms with E-state index >= 15 is 0 Å². The Bertz CT molecular complexity index is 1700. The predicted molar refractivity (Wildman–Crippen MR) is 180 cm³/mol. The second kappa shape index (κ2) is 15.3. The van der Waals surface area contributed by atoms with Gasteiger partial charge in [-0.2, -0.15) is 0 Å². The average Bonchev–Trinajstić information content (AvgIpc) is 3.03. The van der Waals surface area contributed by atoms with Crippen molar-refractivity contribution in [3.63, 3.8) is 0 Å². The van der Waals surface area contributed by atoms with Gasteiger partial charge in [-0.05, 0) is 68.7 Å². The molecule has 0 radical (unpaired) electrons. The van der Waals surface area contributed by atoms with E-state index in [0.717, 1.165) is 52.5 Å². The van der Waals surface area contributed by atoms with E-state index in [1.807, 2.05) is 12.1 Å². The number of rotatable bonds is 12. The maximum Gasteiger partial charge on any atom is 0.273 e. The highest BCUT2D eigenvalue weighted by atomic mass is 79.9. The molecular weight excluding hydrogens is 700 g/mol. The molecule has 246 valence electrons. The Morgan fingerprint density at radius 1 is 1.09 bits per heavy atom. The highest BCUT2D eigenvalue weighted by Gasteiger charge is 2.35. The molecule has 0 bridgehead atoms. The molecule has 1 aliphatic rings. The second-order valence-corrected chi connectivity index (χ2v) is 14.4. The maximum absolute atomic E-state index is 14.3. The van der Waals surface area contributed by atoms with Crippen molar-refractivity contribution in [1.29, 1.82) is 0 Å². The third kappa shape index (κ3) is 8.37. The second-order valence-electron chi connectivity index (χ2n) is 11.2. The van der Waals surface area contributed by atoms with Crippen LogP contribution >= 0.6 is 27.5 Å². The molecule has 2 amide bonds. The third-order valence-corrected chi connectivity index (χ3v) is 10.6. The number of sulfonamides is 1. The molecule has 0 heterocycles. The summed E-state index contributed by atoms with van der Waals surface area (Å²) in [6.07, 6.45) is 4.82. The van der Waals surface area contributed by atoms with Gasteiger partial charge in [0.25, 0.3) is 15.7 Å². The lowest BCUT2D eigenvalue weighted by Crippen LogP contribution is -2.53. The molecule has 3 aromatic rings. The van der Waals surface area contributed by atoms with Crippen molar-refractivity contribution in [3.8, 4) is 5.75 Å². The largest absolute Gasteiger partial charge is 0.495 e. The molecule has 4 rings (SSSR count). The number of nitro groups is 1. The molecule has 0 saturated heterocycles. The van der Waals surface area contributed by atoms with Gasteiger partial charge in [-0.1, -0.05) is 65.0 Å². The molecule has 3 aromatic carbocycles. The number of methoxy groups -OCH3 is 1. The zero-order chi connectivity index (χ0) is 33.6. The van der Waals surface area contributed by atoms with E-state index in [2.05, 4.69) is 21.2 Å². The zero-order valence-electron chi connectivity index (χ0n) is 25.7. The molecule has 46 heavy (non-hydrogen) atoms. The Morgan fingerprint density at radius 2 is 1.76 bits per heavy atom. The van der Waals surface area contributed by atoms with Crippen molar-refractivity contribution in [2.45, 2.75) is 69.5 Å². The van der Waals surface area contributed by atoms with Crippen LogP contribution in [0.5, 0.6) is 5.75 Å². The number of halogens is 2. The van der Waals surface area contributed by atoms with Gasteiger partial charge in [0.2, 0.25) is 11.8 Å². The van der Waals surface area contributed by atoms with Crippen LogP contribution < -0.4 is 14.4 Å². The van der Waals surface area contributed by atoms with Crippen molar-refractivity contribution < 1.29 is 27.7 Å². The molecule has 1 fully saturated rings. The van der Waals surface area contributed by atoms with Crippen LogP contribution in [0.15, 0.2) is 70.0 Å². The molecular formula is C32H36BrClN4O7S. The van der Waals surface area contributed by atoms with Crippen LogP contribution in [-0.4, -0.2) is 55.8 Å². The Balaban J connectivity index is 1.77. The van der Waals surface area contributed by atoms with Crippen LogP contribution in [-0.2, 0) is 26.2 Å². The number of hydrogen-bond acceptors (Lipinski definition) is 7. The Morgan fingerprint density at radius 3 is 2.39 bits per heavy atom. The van der Waals surface area contributed by atoms with E-state index in [1.54, 1.807) is 19.1 Å². The fraction of sp³-hybridized carbons (Fsp3) is 0.375. The number of carbonyl (C=O) groups excluding carboxylic acids is 2. The summed E-state index contributed by atoms with van der Waals surface area (Å²) in [4.78, 5) is 39.7. The number of hydrogen-bond donors (Lipinski definition) is 1. The van der Waals surface area contributed by atoms with E-state index in [4.69, 9.17) is 16.3 Å². The van der Waals surface area contributed by atoms with Crippen LogP contribution in [0.3, 0.4) is 0 Å². The lowest BCUT2D eigenvalue weighted by molar-refractivity contribution is -0.385. The number of aryl methyl sites for hydroxylation is 1. The van der Waals surface area contributed by atoms with Gasteiger partial charge < -0.3 is 15.0 Å². The standard InChI is InChI=1S/C32H36BrClN4O7S/c1-21-9-15-27(18-28(21)38(41)42)46(43,44)37(29-17-25(34)14-16-30(29)45-3)20-31(39)36(19-23-10-12-24(33)13-11-23)22(2)32(40)35-26-7-5-4-6-8-26/h9-18,22,26H,4-8,19-20H2,1-3H3,(H,35,40). The first-order valence-electron chi connectivity index (χ1n) is 14.8. The number of anilines is 1. The molecule has 1 unspecified atom stereocenters. The fourth-order valence-corrected chi connectivity index (χ4v) is 7.25. The van der Waals surface area contributed by atoms with Gasteiger partial charge in [-0.3, -0.25) is 24.0 Å². The van der Waals surface area contributed by atoms with Gasteiger partial charge in [0.15, 0.2) is 0 Å². The number of benzene rings is 3. The third-order valence-electron chi connectivity index (χ3n) is 8.04. The van der Waals surface area contributed by atoms with Crippen LogP contribution in [0, 0.1) is 17.0 Å². The zero-order valence-corrected chi connectivity index (χ0v) is 28.9. The topological polar surface area (TPSA) is 139 Å². The summed E-state index contributed by atoms with van der Waals surface area (Å²) in [7, 11) is -3.28. The summed E-state index contributed by atoms with van der Waals surface area (Å²) in [5.41, 5.74) is 0.549. The fourth-order valence-electron chi connectivity index (χ4n) is 5.38. The first kappa shape index (κ1) is 35.2. The number of nitrogens with one attached hydrogen (secondary N) is 1. The van der Waals surface area contributed by atoms with Gasteiger partial charge in [0.05, 0.1) is 22.6 Å². The number of amides is 2. The molecule has 1 aliphatic carbocycles. The van der Waals surface area contributed by atoms with Crippen molar-refractivity contribution in [2.24, 2.45) is 0 Å². The molecule has 14 heteroatoms. The van der Waals surface area contributed by atoms with Gasteiger partial charge in [0, 0.05) is 33.7 Å². The minimum Gasteiger partial charge on any atom is -0.495 e. The molecule has 0 aromatic heterocycles. The minimum atomic E-state index is -4.62. The van der Waals surface area contributed by atoms with E-state index in [1.165, 1.54) is 49.3 Å². The van der Waals surface area contributed by atoms with E-state index in [9.17, 15) is 28.1 Å². The Kier molecular flexibility index (Phi) is 11.7. The van der Waals surface area contributed by atoms with Crippen LogP contribution in [0.1, 0.15) is 50.2 Å². The van der Waals surface area contributed by atoms with Crippen LogP contribution in [0.25, 0.3) is 0 Å². The number of nitro benzene ring substituents is 1. The van der Waals surface area contributed by atoms with E-state index in [-0.39, 0.29) is 40.5 Å². The highest BCUT2D eigenvalue weighted by molar-refractivity contribution is 9.10. The van der Waals surface area contributed by atoms with Crippen LogP contribution in [0.2, 0.25) is 5.02 Å². The van der Waals surface area contributed by atoms with Gasteiger partial charge in [-0.15, -0.1) is 0 Å². The van der Waals surface area contributed by atoms with E-state index < -0.39 is 44.0 Å². The summed E-state index contributed by atoms with van der Waals surface area (Å²) in [6, 6.07) is 14.1. The average molecular weight is 736 g/mol. The van der Waals surface area contributed by atoms with Gasteiger partial charge >= 0.3 is 0 Å². The maximum atomic E-state index is 14.3. The number of ether oxygens (including phenoxy) is 1. The van der Waals surface area contributed by atoms with Crippen LogP contribution in [0.4, 0.5) is 11.4 Å². The normalized spacial score (nSPS) is 14.3. The number of nitrogens with zero attached hydrogens (tertiary/aromatic N) is 3. The summed E-state index contributed by atoms with van der Waals surface area (Å²) in [5.74, 6) is -0.923. The lowest BCUT2D eigenvalue weighted by Gasteiger charge is -2.33. The summed E-state index contributed by atoms with van der Waals surface area (Å²) < 4.78 is 35.6. The SMILES string of the molecule is COc1ccc(Cl)cc1N(CC(=O)N(Cc1ccc(Br)cc1)C(C)C(=O)NC1CCCCC1)S(=O)(=O)c1ccc(C)c([N+](=O)[O-])c1. The molecule has 0 aliphatic heterocycles. The van der Waals surface area contributed by atoms with Crippen molar-refractivity contribution >= 4 is 60.7 Å². The van der Waals surface area contributed by atoms with E-state index in [0.29, 0.717) is 0 Å². The molecule has 1 atom stereocenters. The van der Waals surface area contributed by atoms with Gasteiger partial charge in [0.1, 0.15) is 18.3 Å². The first-order valence-corrected chi connectivity index (χ1v) is 17.4. The lowest BCUT2D eigenvalue weighted by atomic mass is 9.95. The molecule has 1 saturated carbocycles. The summed E-state index contributed by atoms with van der Waals surface area (Å²) in [5, 5.41) is 14.9. The quantitative estimate of drug-likeness (QED) is 0.168. The minimum absolute atomic E-state index is 0.00161. The summed E-state index contributed by atoms with van der Waals surface area (Å²) in [6.45, 7) is 2.37.